The molecule has 0 aliphatic carbocycles. The predicted octanol–water partition coefficient (Wildman–Crippen LogP) is 1.67. The largest absolute Gasteiger partial charge is 0.465 e. The number of likely N-dealkylation sites (tertiary alicyclic amines) is 1. The third-order valence-corrected chi connectivity index (χ3v) is 7.39. The van der Waals surface area contributed by atoms with Crippen molar-refractivity contribution < 1.29 is 29.0 Å². The summed E-state index contributed by atoms with van der Waals surface area (Å²) in [5.41, 5.74) is 1.45. The van der Waals surface area contributed by atoms with Crippen LogP contribution < -0.4 is 4.90 Å². The van der Waals surface area contributed by atoms with Crippen LogP contribution in [0.3, 0.4) is 0 Å². The number of aliphatic hydroxyl groups excluding tert-OH is 1. The Morgan fingerprint density at radius 3 is 2.62 bits per heavy atom. The number of ether oxygens (including phenoxy) is 2. The summed E-state index contributed by atoms with van der Waals surface area (Å²) in [5.74, 6) is -2.71. The number of fused-ring (bicyclic) bond motifs is 2. The lowest BCUT2D eigenvalue weighted by molar-refractivity contribution is -0.154. The molecule has 34 heavy (non-hydrogen) atoms. The minimum atomic E-state index is -1.28. The van der Waals surface area contributed by atoms with Crippen LogP contribution in [0.25, 0.3) is 0 Å². The van der Waals surface area contributed by atoms with Crippen molar-refractivity contribution >= 4 is 23.5 Å². The van der Waals surface area contributed by atoms with Gasteiger partial charge in [0.1, 0.15) is 17.6 Å². The van der Waals surface area contributed by atoms with Crippen LogP contribution in [-0.2, 0) is 23.9 Å². The highest BCUT2D eigenvalue weighted by Crippen LogP contribution is 2.53. The monoisotopic (exact) mass is 466 g/mol. The van der Waals surface area contributed by atoms with Crippen LogP contribution in [0.5, 0.6) is 0 Å². The Bertz CT molecular complexity index is 1060. The summed E-state index contributed by atoms with van der Waals surface area (Å²) in [5, 5.41) is 9.47. The Morgan fingerprint density at radius 2 is 1.88 bits per heavy atom. The third-order valence-electron chi connectivity index (χ3n) is 7.39. The molecule has 2 amide bonds. The van der Waals surface area contributed by atoms with Crippen molar-refractivity contribution in [3.8, 4) is 0 Å². The molecular formula is C26H30N2O6. The molecule has 1 N–H and O–H groups in total. The Balaban J connectivity index is 1.63. The van der Waals surface area contributed by atoms with E-state index in [1.807, 2.05) is 56.4 Å². The van der Waals surface area contributed by atoms with E-state index in [0.717, 1.165) is 16.8 Å². The standard InChI is InChI=1S/C26H30N2O6/c1-16-8-5-9-17(2)21(16)27-12-6-11-26-20(19-18(34-26)10-3-4-15-33-25(19)32)23(30)28(13-7-14-29)22(26)24(27)31/h3,5-6,8-11,18-20,22,29H,4,7,12-15H2,1-2H3/t18-,19+,20-,22?,26-/m0/s1. The molecule has 0 bridgehead atoms. The topological polar surface area (TPSA) is 96.4 Å². The number of hydrogen-bond acceptors (Lipinski definition) is 6. The number of carbonyl (C=O) groups excluding carboxylic acids is 3. The van der Waals surface area contributed by atoms with Crippen molar-refractivity contribution in [1.82, 2.24) is 4.90 Å². The molecule has 5 rings (SSSR count). The maximum absolute atomic E-state index is 14.2. The lowest BCUT2D eigenvalue weighted by atomic mass is 9.77. The summed E-state index contributed by atoms with van der Waals surface area (Å²) in [4.78, 5) is 44.3. The summed E-state index contributed by atoms with van der Waals surface area (Å²) in [7, 11) is 0. The smallest absolute Gasteiger partial charge is 0.312 e. The van der Waals surface area contributed by atoms with Crippen LogP contribution in [0, 0.1) is 25.7 Å². The average Bonchev–Trinajstić information content (AvgIpc) is 3.17. The van der Waals surface area contributed by atoms with Gasteiger partial charge in [-0.15, -0.1) is 0 Å². The number of cyclic esters (lactones) is 1. The van der Waals surface area contributed by atoms with Gasteiger partial charge in [-0.3, -0.25) is 14.4 Å². The van der Waals surface area contributed by atoms with Gasteiger partial charge in [0, 0.05) is 25.4 Å². The van der Waals surface area contributed by atoms with Gasteiger partial charge < -0.3 is 24.4 Å². The van der Waals surface area contributed by atoms with E-state index in [0.29, 0.717) is 19.4 Å². The second-order valence-electron chi connectivity index (χ2n) is 9.43. The van der Waals surface area contributed by atoms with E-state index < -0.39 is 35.6 Å². The van der Waals surface area contributed by atoms with Gasteiger partial charge in [-0.2, -0.15) is 0 Å². The van der Waals surface area contributed by atoms with Gasteiger partial charge in [0.05, 0.1) is 18.6 Å². The van der Waals surface area contributed by atoms with E-state index >= 15 is 0 Å². The molecule has 8 nitrogen and oxygen atoms in total. The third kappa shape index (κ3) is 3.31. The zero-order valence-electron chi connectivity index (χ0n) is 19.5. The van der Waals surface area contributed by atoms with Crippen molar-refractivity contribution in [2.45, 2.75) is 44.4 Å². The summed E-state index contributed by atoms with van der Waals surface area (Å²) in [6.07, 6.45) is 7.66. The van der Waals surface area contributed by atoms with E-state index in [2.05, 4.69) is 0 Å². The van der Waals surface area contributed by atoms with Crippen LogP contribution >= 0.6 is 0 Å². The predicted molar refractivity (Wildman–Crippen MR) is 124 cm³/mol. The molecule has 1 aromatic rings. The molecule has 4 aliphatic heterocycles. The molecule has 0 saturated carbocycles. The Hall–Kier alpha value is -2.97. The quantitative estimate of drug-likeness (QED) is 0.536. The van der Waals surface area contributed by atoms with E-state index in [1.54, 1.807) is 4.90 Å². The van der Waals surface area contributed by atoms with Gasteiger partial charge in [0.15, 0.2) is 0 Å². The van der Waals surface area contributed by atoms with E-state index in [-0.39, 0.29) is 31.6 Å². The number of anilines is 1. The first-order valence-electron chi connectivity index (χ1n) is 11.9. The van der Waals surface area contributed by atoms with Crippen LogP contribution in [0.4, 0.5) is 5.69 Å². The van der Waals surface area contributed by atoms with Crippen molar-refractivity contribution in [1.29, 1.82) is 0 Å². The Morgan fingerprint density at radius 1 is 1.12 bits per heavy atom. The zero-order valence-corrected chi connectivity index (χ0v) is 19.5. The molecule has 1 spiro atoms. The maximum atomic E-state index is 14.2. The molecule has 1 aromatic carbocycles. The van der Waals surface area contributed by atoms with Gasteiger partial charge in [-0.25, -0.2) is 0 Å². The maximum Gasteiger partial charge on any atom is 0.312 e. The lowest BCUT2D eigenvalue weighted by Gasteiger charge is -2.36. The van der Waals surface area contributed by atoms with E-state index in [4.69, 9.17) is 9.47 Å². The van der Waals surface area contributed by atoms with Crippen LogP contribution in [0.15, 0.2) is 42.5 Å². The number of benzene rings is 1. The fourth-order valence-electron chi connectivity index (χ4n) is 6.02. The number of aryl methyl sites for hydroxylation is 2. The minimum Gasteiger partial charge on any atom is -0.465 e. The van der Waals surface area contributed by atoms with Crippen LogP contribution in [0.1, 0.15) is 24.0 Å². The number of rotatable bonds is 4. The van der Waals surface area contributed by atoms with Crippen LogP contribution in [-0.4, -0.2) is 71.8 Å². The number of para-hydroxylation sites is 1. The van der Waals surface area contributed by atoms with Crippen molar-refractivity contribution in [2.75, 3.05) is 31.2 Å². The fraction of sp³-hybridized carbons (Fsp3) is 0.500. The second kappa shape index (κ2) is 8.67. The van der Waals surface area contributed by atoms with Gasteiger partial charge in [0.25, 0.3) is 5.91 Å². The highest BCUT2D eigenvalue weighted by Gasteiger charge is 2.71. The number of carbonyl (C=O) groups is 3. The SMILES string of the molecule is Cc1cccc(C)c1N1CC=C[C@]23O[C@H]4C=CCCOC(=O)[C@H]4[C@H]2C(=O)N(CCCO)C3C1=O. The Labute approximate surface area is 198 Å². The summed E-state index contributed by atoms with van der Waals surface area (Å²) in [6.45, 7) is 4.58. The molecule has 0 radical (unpaired) electrons. The highest BCUT2D eigenvalue weighted by molar-refractivity contribution is 6.06. The first kappa shape index (κ1) is 22.8. The average molecular weight is 467 g/mol. The van der Waals surface area contributed by atoms with Crippen LogP contribution in [0.2, 0.25) is 0 Å². The molecule has 4 heterocycles. The number of hydrogen-bond donors (Lipinski definition) is 1. The Kier molecular flexibility index (Phi) is 5.81. The van der Waals surface area contributed by atoms with Gasteiger partial charge in [0.2, 0.25) is 5.91 Å². The molecule has 8 heteroatoms. The second-order valence-corrected chi connectivity index (χ2v) is 9.43. The van der Waals surface area contributed by atoms with E-state index in [1.165, 1.54) is 4.90 Å². The molecule has 2 fully saturated rings. The number of nitrogens with zero attached hydrogens (tertiary/aromatic N) is 2. The first-order chi connectivity index (χ1) is 16.4. The molecule has 0 aromatic heterocycles. The summed E-state index contributed by atoms with van der Waals surface area (Å²) < 4.78 is 11.9. The van der Waals surface area contributed by atoms with Gasteiger partial charge in [-0.1, -0.05) is 42.5 Å². The molecule has 2 saturated heterocycles. The summed E-state index contributed by atoms with van der Waals surface area (Å²) in [6, 6.07) is 4.93. The number of amides is 2. The first-order valence-corrected chi connectivity index (χ1v) is 11.9. The van der Waals surface area contributed by atoms with Gasteiger partial charge >= 0.3 is 5.97 Å². The molecule has 4 aliphatic rings. The molecular weight excluding hydrogens is 436 g/mol. The summed E-state index contributed by atoms with van der Waals surface area (Å²) >= 11 is 0. The molecule has 180 valence electrons. The van der Waals surface area contributed by atoms with Crippen molar-refractivity contribution in [3.05, 3.63) is 53.6 Å². The van der Waals surface area contributed by atoms with Gasteiger partial charge in [-0.05, 0) is 37.8 Å². The van der Waals surface area contributed by atoms with E-state index in [9.17, 15) is 19.5 Å². The number of esters is 1. The number of aliphatic hydroxyl groups is 1. The molecule has 1 unspecified atom stereocenters. The normalized spacial score (nSPS) is 32.6. The van der Waals surface area contributed by atoms with Crippen molar-refractivity contribution in [2.24, 2.45) is 11.8 Å². The zero-order chi connectivity index (χ0) is 24.0. The highest BCUT2D eigenvalue weighted by atomic mass is 16.6. The minimum absolute atomic E-state index is 0.115. The lowest BCUT2D eigenvalue weighted by Crippen LogP contribution is -2.55. The fourth-order valence-corrected chi connectivity index (χ4v) is 6.02. The molecule has 5 atom stereocenters. The van der Waals surface area contributed by atoms with Crippen molar-refractivity contribution in [3.63, 3.8) is 0 Å².